The average molecular weight is 252 g/mol. The lowest BCUT2D eigenvalue weighted by atomic mass is 9.93. The van der Waals surface area contributed by atoms with Crippen molar-refractivity contribution < 1.29 is 9.59 Å². The number of rotatable bonds is 2. The number of amides is 2. The van der Waals surface area contributed by atoms with Crippen LogP contribution in [0.5, 0.6) is 0 Å². The van der Waals surface area contributed by atoms with Gasteiger partial charge in [0.2, 0.25) is 0 Å². The molecule has 18 heavy (non-hydrogen) atoms. The number of carbonyl (C=O) groups excluding carboxylic acids is 2. The van der Waals surface area contributed by atoms with Crippen molar-refractivity contribution in [1.82, 2.24) is 10.2 Å². The first kappa shape index (κ1) is 13.4. The molecule has 0 spiro atoms. The van der Waals surface area contributed by atoms with Crippen molar-refractivity contribution in [3.8, 4) is 0 Å². The molecule has 102 valence electrons. The molecule has 1 aliphatic heterocycles. The monoisotopic (exact) mass is 252 g/mol. The average Bonchev–Trinajstić information content (AvgIpc) is 2.40. The van der Waals surface area contributed by atoms with Crippen LogP contribution in [0.25, 0.3) is 0 Å². The Kier molecular flexibility index (Phi) is 4.61. The van der Waals surface area contributed by atoms with E-state index in [1.54, 1.807) is 6.92 Å². The molecule has 0 unspecified atom stereocenters. The predicted molar refractivity (Wildman–Crippen MR) is 70.4 cm³/mol. The van der Waals surface area contributed by atoms with Crippen LogP contribution in [0.4, 0.5) is 4.79 Å². The van der Waals surface area contributed by atoms with E-state index in [0.717, 1.165) is 38.8 Å². The molecule has 0 radical (unpaired) electrons. The van der Waals surface area contributed by atoms with E-state index in [2.05, 4.69) is 5.32 Å². The molecular formula is C14H24N2O2. The third-order valence-corrected chi connectivity index (χ3v) is 4.29. The first-order chi connectivity index (χ1) is 8.66. The van der Waals surface area contributed by atoms with Crippen LogP contribution >= 0.6 is 0 Å². The van der Waals surface area contributed by atoms with E-state index in [-0.39, 0.29) is 17.7 Å². The summed E-state index contributed by atoms with van der Waals surface area (Å²) in [7, 11) is 0. The zero-order chi connectivity index (χ0) is 13.0. The largest absolute Gasteiger partial charge is 0.335 e. The van der Waals surface area contributed by atoms with Gasteiger partial charge in [-0.15, -0.1) is 0 Å². The molecule has 2 fully saturated rings. The van der Waals surface area contributed by atoms with Gasteiger partial charge >= 0.3 is 6.03 Å². The first-order valence-electron chi connectivity index (χ1n) is 7.22. The maximum absolute atomic E-state index is 12.1. The van der Waals surface area contributed by atoms with E-state index < -0.39 is 0 Å². The molecular weight excluding hydrogens is 228 g/mol. The summed E-state index contributed by atoms with van der Waals surface area (Å²) in [5, 5.41) is 3.13. The van der Waals surface area contributed by atoms with E-state index in [1.807, 2.05) is 4.90 Å². The summed E-state index contributed by atoms with van der Waals surface area (Å²) < 4.78 is 0. The maximum atomic E-state index is 12.1. The van der Waals surface area contributed by atoms with Crippen LogP contribution in [-0.4, -0.2) is 35.8 Å². The number of carbonyl (C=O) groups is 2. The van der Waals surface area contributed by atoms with Crippen LogP contribution in [0.1, 0.15) is 51.9 Å². The molecule has 2 rings (SSSR count). The van der Waals surface area contributed by atoms with E-state index >= 15 is 0 Å². The number of piperidine rings is 1. The molecule has 2 aliphatic rings. The SMILES string of the molecule is CC(=O)C1CCN(C(=O)NC2CCCCC2)CC1. The molecule has 4 nitrogen and oxygen atoms in total. The number of hydrogen-bond donors (Lipinski definition) is 1. The van der Waals surface area contributed by atoms with Crippen LogP contribution in [0, 0.1) is 5.92 Å². The molecule has 1 aliphatic carbocycles. The Labute approximate surface area is 109 Å². The van der Waals surface area contributed by atoms with Crippen LogP contribution in [-0.2, 0) is 4.79 Å². The lowest BCUT2D eigenvalue weighted by Gasteiger charge is -2.33. The Morgan fingerprint density at radius 3 is 2.17 bits per heavy atom. The van der Waals surface area contributed by atoms with Crippen LogP contribution in [0.2, 0.25) is 0 Å². The Morgan fingerprint density at radius 2 is 1.61 bits per heavy atom. The second kappa shape index (κ2) is 6.21. The summed E-state index contributed by atoms with van der Waals surface area (Å²) in [5.41, 5.74) is 0. The van der Waals surface area contributed by atoms with Crippen molar-refractivity contribution in [3.63, 3.8) is 0 Å². The molecule has 0 aromatic rings. The molecule has 1 saturated heterocycles. The second-order valence-electron chi connectivity index (χ2n) is 5.66. The quantitative estimate of drug-likeness (QED) is 0.820. The molecule has 0 bridgehead atoms. The van der Waals surface area contributed by atoms with Crippen molar-refractivity contribution in [2.45, 2.75) is 57.9 Å². The highest BCUT2D eigenvalue weighted by Crippen LogP contribution is 2.20. The van der Waals surface area contributed by atoms with Gasteiger partial charge in [-0.3, -0.25) is 4.79 Å². The minimum absolute atomic E-state index is 0.0731. The Morgan fingerprint density at radius 1 is 1.00 bits per heavy atom. The third kappa shape index (κ3) is 3.47. The van der Waals surface area contributed by atoms with E-state index in [1.165, 1.54) is 19.3 Å². The molecule has 1 heterocycles. The minimum Gasteiger partial charge on any atom is -0.335 e. The zero-order valence-electron chi connectivity index (χ0n) is 11.3. The number of urea groups is 1. The van der Waals surface area contributed by atoms with Gasteiger partial charge in [0, 0.05) is 25.0 Å². The summed E-state index contributed by atoms with van der Waals surface area (Å²) in [6.45, 7) is 3.11. The van der Waals surface area contributed by atoms with Crippen molar-refractivity contribution >= 4 is 11.8 Å². The van der Waals surface area contributed by atoms with Crippen molar-refractivity contribution in [2.75, 3.05) is 13.1 Å². The Balaban J connectivity index is 1.75. The summed E-state index contributed by atoms with van der Waals surface area (Å²) >= 11 is 0. The lowest BCUT2D eigenvalue weighted by molar-refractivity contribution is -0.121. The molecule has 1 N–H and O–H groups in total. The Hall–Kier alpha value is -1.06. The van der Waals surface area contributed by atoms with E-state index in [4.69, 9.17) is 0 Å². The number of likely N-dealkylation sites (tertiary alicyclic amines) is 1. The maximum Gasteiger partial charge on any atom is 0.317 e. The summed E-state index contributed by atoms with van der Waals surface area (Å²) in [5.74, 6) is 0.436. The van der Waals surface area contributed by atoms with Gasteiger partial charge in [0.1, 0.15) is 5.78 Å². The lowest BCUT2D eigenvalue weighted by Crippen LogP contribution is -2.48. The number of Topliss-reactive ketones (excluding diaryl/α,β-unsaturated/α-hetero) is 1. The van der Waals surface area contributed by atoms with Gasteiger partial charge in [0.15, 0.2) is 0 Å². The van der Waals surface area contributed by atoms with Gasteiger partial charge in [0.05, 0.1) is 0 Å². The zero-order valence-corrected chi connectivity index (χ0v) is 11.3. The third-order valence-electron chi connectivity index (χ3n) is 4.29. The van der Waals surface area contributed by atoms with Gasteiger partial charge in [-0.2, -0.15) is 0 Å². The number of nitrogens with zero attached hydrogens (tertiary/aromatic N) is 1. The smallest absolute Gasteiger partial charge is 0.317 e. The van der Waals surface area contributed by atoms with Crippen LogP contribution < -0.4 is 5.32 Å². The van der Waals surface area contributed by atoms with E-state index in [0.29, 0.717) is 6.04 Å². The van der Waals surface area contributed by atoms with Gasteiger partial charge in [-0.05, 0) is 32.6 Å². The van der Waals surface area contributed by atoms with Gasteiger partial charge in [-0.1, -0.05) is 19.3 Å². The fourth-order valence-corrected chi connectivity index (χ4v) is 3.00. The van der Waals surface area contributed by atoms with Crippen LogP contribution in [0.15, 0.2) is 0 Å². The minimum atomic E-state index is 0.0731. The molecule has 1 saturated carbocycles. The van der Waals surface area contributed by atoms with Gasteiger partial charge in [0.25, 0.3) is 0 Å². The Bertz CT molecular complexity index is 303. The van der Waals surface area contributed by atoms with Crippen molar-refractivity contribution in [2.24, 2.45) is 5.92 Å². The molecule has 0 atom stereocenters. The normalized spacial score (nSPS) is 22.8. The van der Waals surface area contributed by atoms with Crippen molar-refractivity contribution in [3.05, 3.63) is 0 Å². The highest BCUT2D eigenvalue weighted by Gasteiger charge is 2.26. The second-order valence-corrected chi connectivity index (χ2v) is 5.66. The fourth-order valence-electron chi connectivity index (χ4n) is 3.00. The van der Waals surface area contributed by atoms with Crippen molar-refractivity contribution in [1.29, 1.82) is 0 Å². The molecule has 0 aromatic carbocycles. The molecule has 0 aromatic heterocycles. The van der Waals surface area contributed by atoms with Crippen LogP contribution in [0.3, 0.4) is 0 Å². The summed E-state index contributed by atoms with van der Waals surface area (Å²) in [4.78, 5) is 25.2. The standard InChI is InChI=1S/C14H24N2O2/c1-11(17)12-7-9-16(10-8-12)14(18)15-13-5-3-2-4-6-13/h12-13H,2-10H2,1H3,(H,15,18). The first-order valence-corrected chi connectivity index (χ1v) is 7.22. The van der Waals surface area contributed by atoms with Gasteiger partial charge in [-0.25, -0.2) is 4.79 Å². The number of hydrogen-bond acceptors (Lipinski definition) is 2. The summed E-state index contributed by atoms with van der Waals surface area (Å²) in [6, 6.07) is 0.445. The summed E-state index contributed by atoms with van der Waals surface area (Å²) in [6.07, 6.45) is 7.66. The highest BCUT2D eigenvalue weighted by molar-refractivity contribution is 5.79. The molecule has 2 amide bonds. The van der Waals surface area contributed by atoms with Gasteiger partial charge < -0.3 is 10.2 Å². The van der Waals surface area contributed by atoms with E-state index in [9.17, 15) is 9.59 Å². The number of nitrogens with one attached hydrogen (secondary N) is 1. The topological polar surface area (TPSA) is 49.4 Å². The highest BCUT2D eigenvalue weighted by atomic mass is 16.2. The predicted octanol–water partition coefficient (Wildman–Crippen LogP) is 2.33. The number of ketones is 1. The molecule has 4 heteroatoms. The fraction of sp³-hybridized carbons (Fsp3) is 0.857.